The van der Waals surface area contributed by atoms with Crippen molar-refractivity contribution in [3.8, 4) is 0 Å². The smallest absolute Gasteiger partial charge is 0.251 e. The lowest BCUT2D eigenvalue weighted by Crippen LogP contribution is -2.27. The molecule has 0 aromatic carbocycles. The number of hydrogen-bond donors (Lipinski definition) is 2. The van der Waals surface area contributed by atoms with Crippen LogP contribution in [0.4, 0.5) is 5.82 Å². The molecule has 1 amide bonds. The maximum absolute atomic E-state index is 11.8. The number of anilines is 1. The molecule has 0 bridgehead atoms. The molecule has 5 nitrogen and oxygen atoms in total. The second-order valence-corrected chi connectivity index (χ2v) is 5.04. The summed E-state index contributed by atoms with van der Waals surface area (Å²) in [4.78, 5) is 15.6. The van der Waals surface area contributed by atoms with Gasteiger partial charge in [0.1, 0.15) is 11.0 Å². The largest absolute Gasteiger partial charge is 0.384 e. The van der Waals surface area contributed by atoms with E-state index in [9.17, 15) is 4.79 Å². The molecule has 0 atom stereocenters. The van der Waals surface area contributed by atoms with Crippen LogP contribution in [0.15, 0.2) is 12.1 Å². The van der Waals surface area contributed by atoms with E-state index in [0.717, 1.165) is 6.42 Å². The quantitative estimate of drug-likeness (QED) is 0.594. The second-order valence-electron chi connectivity index (χ2n) is 4.65. The Morgan fingerprint density at radius 3 is 2.84 bits per heavy atom. The van der Waals surface area contributed by atoms with Crippen LogP contribution in [-0.4, -0.2) is 30.6 Å². The van der Waals surface area contributed by atoms with Crippen LogP contribution in [0.25, 0.3) is 0 Å². The van der Waals surface area contributed by atoms with E-state index in [2.05, 4.69) is 24.1 Å². The number of nitrogens with one attached hydrogen (secondary N) is 1. The van der Waals surface area contributed by atoms with Crippen LogP contribution in [-0.2, 0) is 4.74 Å². The zero-order valence-electron chi connectivity index (χ0n) is 11.3. The van der Waals surface area contributed by atoms with Gasteiger partial charge in [-0.25, -0.2) is 4.98 Å². The summed E-state index contributed by atoms with van der Waals surface area (Å²) < 4.78 is 5.40. The number of rotatable bonds is 7. The number of nitrogen functional groups attached to an aromatic ring is 1. The Hall–Kier alpha value is -1.33. The van der Waals surface area contributed by atoms with Crippen LogP contribution < -0.4 is 11.1 Å². The SMILES string of the molecule is CC(C)CCOCCNC(=O)c1cc(N)nc(Cl)c1. The number of ether oxygens (including phenoxy) is 1. The number of carbonyl (C=O) groups excluding carboxylic acids is 1. The molecule has 0 aliphatic rings. The van der Waals surface area contributed by atoms with Crippen LogP contribution in [0.1, 0.15) is 30.6 Å². The van der Waals surface area contributed by atoms with Crippen LogP contribution in [0.5, 0.6) is 0 Å². The number of halogens is 1. The van der Waals surface area contributed by atoms with Crippen LogP contribution in [0.2, 0.25) is 5.15 Å². The predicted octanol–water partition coefficient (Wildman–Crippen LogP) is 2.11. The van der Waals surface area contributed by atoms with Crippen molar-refractivity contribution in [3.63, 3.8) is 0 Å². The maximum Gasteiger partial charge on any atom is 0.251 e. The zero-order valence-corrected chi connectivity index (χ0v) is 12.0. The monoisotopic (exact) mass is 285 g/mol. The molecule has 3 N–H and O–H groups in total. The van der Waals surface area contributed by atoms with Gasteiger partial charge in [0, 0.05) is 18.7 Å². The minimum atomic E-state index is -0.233. The first-order chi connectivity index (χ1) is 8.99. The van der Waals surface area contributed by atoms with Gasteiger partial charge in [0.2, 0.25) is 0 Å². The fourth-order valence-electron chi connectivity index (χ4n) is 1.41. The number of carbonyl (C=O) groups is 1. The molecule has 0 unspecified atom stereocenters. The Kier molecular flexibility index (Phi) is 6.59. The number of pyridine rings is 1. The number of nitrogens with two attached hydrogens (primary N) is 1. The fraction of sp³-hybridized carbons (Fsp3) is 0.538. The third kappa shape index (κ3) is 6.40. The number of hydrogen-bond acceptors (Lipinski definition) is 4. The van der Waals surface area contributed by atoms with E-state index in [1.165, 1.54) is 12.1 Å². The molecule has 0 fully saturated rings. The molecule has 106 valence electrons. The molecule has 1 aromatic heterocycles. The summed E-state index contributed by atoms with van der Waals surface area (Å²) in [6.07, 6.45) is 1.02. The third-order valence-corrected chi connectivity index (χ3v) is 2.64. The summed E-state index contributed by atoms with van der Waals surface area (Å²) in [5.41, 5.74) is 5.92. The van der Waals surface area contributed by atoms with Gasteiger partial charge in [-0.1, -0.05) is 25.4 Å². The highest BCUT2D eigenvalue weighted by atomic mass is 35.5. The topological polar surface area (TPSA) is 77.2 Å². The average molecular weight is 286 g/mol. The molecule has 0 saturated heterocycles. The lowest BCUT2D eigenvalue weighted by molar-refractivity contribution is 0.0906. The summed E-state index contributed by atoms with van der Waals surface area (Å²) in [6.45, 7) is 5.94. The Bertz CT molecular complexity index is 404. The average Bonchev–Trinajstić information content (AvgIpc) is 2.31. The predicted molar refractivity (Wildman–Crippen MR) is 76.3 cm³/mol. The molecule has 6 heteroatoms. The van der Waals surface area contributed by atoms with Crippen molar-refractivity contribution >= 4 is 23.3 Å². The van der Waals surface area contributed by atoms with Crippen molar-refractivity contribution in [2.24, 2.45) is 5.92 Å². The molecular weight excluding hydrogens is 266 g/mol. The highest BCUT2D eigenvalue weighted by Crippen LogP contribution is 2.11. The van der Waals surface area contributed by atoms with Crippen molar-refractivity contribution in [1.29, 1.82) is 0 Å². The number of amides is 1. The van der Waals surface area contributed by atoms with Crippen molar-refractivity contribution in [1.82, 2.24) is 10.3 Å². The van der Waals surface area contributed by atoms with Crippen molar-refractivity contribution < 1.29 is 9.53 Å². The van der Waals surface area contributed by atoms with Crippen molar-refractivity contribution in [2.45, 2.75) is 20.3 Å². The van der Waals surface area contributed by atoms with Crippen LogP contribution in [0, 0.1) is 5.92 Å². The summed E-state index contributed by atoms with van der Waals surface area (Å²) in [5, 5.41) is 2.94. The lowest BCUT2D eigenvalue weighted by Gasteiger charge is -2.08. The Labute approximate surface area is 118 Å². The van der Waals surface area contributed by atoms with Gasteiger partial charge < -0.3 is 15.8 Å². The molecule has 0 aliphatic carbocycles. The van der Waals surface area contributed by atoms with E-state index in [1.807, 2.05) is 0 Å². The Balaban J connectivity index is 2.27. The molecule has 0 aliphatic heterocycles. The van der Waals surface area contributed by atoms with E-state index in [0.29, 0.717) is 31.2 Å². The lowest BCUT2D eigenvalue weighted by atomic mass is 10.1. The van der Waals surface area contributed by atoms with Gasteiger partial charge in [-0.15, -0.1) is 0 Å². The van der Waals surface area contributed by atoms with Gasteiger partial charge in [0.25, 0.3) is 5.91 Å². The molecule has 1 rings (SSSR count). The van der Waals surface area contributed by atoms with E-state index in [4.69, 9.17) is 22.1 Å². The van der Waals surface area contributed by atoms with Crippen molar-refractivity contribution in [2.75, 3.05) is 25.5 Å². The van der Waals surface area contributed by atoms with E-state index in [1.54, 1.807) is 0 Å². The minimum Gasteiger partial charge on any atom is -0.384 e. The van der Waals surface area contributed by atoms with Gasteiger partial charge in [-0.2, -0.15) is 0 Å². The molecule has 1 heterocycles. The third-order valence-electron chi connectivity index (χ3n) is 2.45. The van der Waals surface area contributed by atoms with Crippen molar-refractivity contribution in [3.05, 3.63) is 22.8 Å². The fourth-order valence-corrected chi connectivity index (χ4v) is 1.62. The van der Waals surface area contributed by atoms with Gasteiger partial charge >= 0.3 is 0 Å². The van der Waals surface area contributed by atoms with Crippen LogP contribution >= 0.6 is 11.6 Å². The standard InChI is InChI=1S/C13H20ClN3O2/c1-9(2)3-5-19-6-4-16-13(18)10-7-11(14)17-12(15)8-10/h7-9H,3-6H2,1-2H3,(H2,15,17)(H,16,18). The second kappa shape index (κ2) is 7.96. The molecule has 0 spiro atoms. The summed E-state index contributed by atoms with van der Waals surface area (Å²) >= 11 is 5.73. The Morgan fingerprint density at radius 2 is 2.21 bits per heavy atom. The summed E-state index contributed by atoms with van der Waals surface area (Å²) in [7, 11) is 0. The van der Waals surface area contributed by atoms with Crippen LogP contribution in [0.3, 0.4) is 0 Å². The highest BCUT2D eigenvalue weighted by Gasteiger charge is 2.07. The molecular formula is C13H20ClN3O2. The van der Waals surface area contributed by atoms with Gasteiger partial charge in [-0.05, 0) is 24.5 Å². The maximum atomic E-state index is 11.8. The first-order valence-corrected chi connectivity index (χ1v) is 6.66. The first-order valence-electron chi connectivity index (χ1n) is 6.28. The first kappa shape index (κ1) is 15.7. The molecule has 1 aromatic rings. The molecule has 19 heavy (non-hydrogen) atoms. The Morgan fingerprint density at radius 1 is 1.47 bits per heavy atom. The van der Waals surface area contributed by atoms with Gasteiger partial charge in [-0.3, -0.25) is 4.79 Å². The number of nitrogens with zero attached hydrogens (tertiary/aromatic N) is 1. The van der Waals surface area contributed by atoms with Gasteiger partial charge in [0.15, 0.2) is 0 Å². The zero-order chi connectivity index (χ0) is 14.3. The van der Waals surface area contributed by atoms with Gasteiger partial charge in [0.05, 0.1) is 6.61 Å². The van der Waals surface area contributed by atoms with E-state index in [-0.39, 0.29) is 16.9 Å². The summed E-state index contributed by atoms with van der Waals surface area (Å²) in [6, 6.07) is 2.97. The van der Waals surface area contributed by atoms with E-state index >= 15 is 0 Å². The van der Waals surface area contributed by atoms with E-state index < -0.39 is 0 Å². The normalized spacial score (nSPS) is 10.7. The number of aromatic nitrogens is 1. The summed E-state index contributed by atoms with van der Waals surface area (Å²) in [5.74, 6) is 0.616. The molecule has 0 radical (unpaired) electrons. The minimum absolute atomic E-state index is 0.207. The molecule has 0 saturated carbocycles. The highest BCUT2D eigenvalue weighted by molar-refractivity contribution is 6.29.